The molecule has 0 heterocycles. The number of benzene rings is 2. The zero-order chi connectivity index (χ0) is 17.7. The Kier molecular flexibility index (Phi) is 5.52. The highest BCUT2D eigenvalue weighted by molar-refractivity contribution is 5.96. The van der Waals surface area contributed by atoms with E-state index in [-0.39, 0.29) is 17.6 Å². The fraction of sp³-hybridized carbons (Fsp3) is 0.222. The van der Waals surface area contributed by atoms with Gasteiger partial charge in [0.2, 0.25) is 0 Å². The maximum absolute atomic E-state index is 12.8. The van der Waals surface area contributed by atoms with Crippen LogP contribution in [0.15, 0.2) is 48.5 Å². The predicted molar refractivity (Wildman–Crippen MR) is 89.6 cm³/mol. The Morgan fingerprint density at radius 2 is 1.62 bits per heavy atom. The van der Waals surface area contributed by atoms with Crippen LogP contribution in [0.2, 0.25) is 0 Å². The Balaban J connectivity index is 1.96. The molecular weight excluding hydrogens is 311 g/mol. The monoisotopic (exact) mass is 330 g/mol. The van der Waals surface area contributed by atoms with Crippen molar-refractivity contribution in [1.82, 2.24) is 4.90 Å². The summed E-state index contributed by atoms with van der Waals surface area (Å²) in [5.74, 6) is -0.412. The Morgan fingerprint density at radius 3 is 2.17 bits per heavy atom. The Labute approximate surface area is 140 Å². The van der Waals surface area contributed by atoms with Crippen LogP contribution >= 0.6 is 0 Å². The van der Waals surface area contributed by atoms with E-state index < -0.39 is 6.10 Å². The van der Waals surface area contributed by atoms with Gasteiger partial charge in [0, 0.05) is 25.3 Å². The number of carbonyl (C=O) groups excluding carboxylic acids is 2. The lowest BCUT2D eigenvalue weighted by Gasteiger charge is -2.15. The molecule has 2 rings (SSSR count). The first-order valence-corrected chi connectivity index (χ1v) is 7.41. The summed E-state index contributed by atoms with van der Waals surface area (Å²) in [6, 6.07) is 12.0. The molecule has 1 N–H and O–H groups in total. The minimum atomic E-state index is -0.751. The second-order valence-corrected chi connectivity index (χ2v) is 5.48. The third-order valence-electron chi connectivity index (χ3n) is 3.30. The van der Waals surface area contributed by atoms with Crippen molar-refractivity contribution in [3.63, 3.8) is 0 Å². The maximum Gasteiger partial charge on any atom is 0.265 e. The van der Waals surface area contributed by atoms with Gasteiger partial charge in [-0.3, -0.25) is 9.59 Å². The van der Waals surface area contributed by atoms with E-state index in [1.807, 2.05) is 0 Å². The first-order valence-electron chi connectivity index (χ1n) is 7.41. The fourth-order valence-electron chi connectivity index (χ4n) is 1.97. The van der Waals surface area contributed by atoms with Gasteiger partial charge in [-0.15, -0.1) is 0 Å². The lowest BCUT2D eigenvalue weighted by Crippen LogP contribution is -2.30. The van der Waals surface area contributed by atoms with Gasteiger partial charge in [-0.2, -0.15) is 0 Å². The summed E-state index contributed by atoms with van der Waals surface area (Å²) in [7, 11) is 3.35. The predicted octanol–water partition coefficient (Wildman–Crippen LogP) is 2.93. The number of hydrogen-bond acceptors (Lipinski definition) is 3. The summed E-state index contributed by atoms with van der Waals surface area (Å²) >= 11 is 0. The van der Waals surface area contributed by atoms with Gasteiger partial charge in [0.15, 0.2) is 6.10 Å². The quantitative estimate of drug-likeness (QED) is 0.917. The molecule has 0 aliphatic heterocycles. The van der Waals surface area contributed by atoms with Gasteiger partial charge in [-0.25, -0.2) is 4.39 Å². The Morgan fingerprint density at radius 1 is 1.04 bits per heavy atom. The number of ether oxygens (including phenoxy) is 1. The molecule has 126 valence electrons. The van der Waals surface area contributed by atoms with E-state index in [2.05, 4.69) is 5.32 Å². The van der Waals surface area contributed by atoms with Crippen LogP contribution in [0.5, 0.6) is 5.75 Å². The van der Waals surface area contributed by atoms with Gasteiger partial charge in [-0.05, 0) is 55.5 Å². The van der Waals surface area contributed by atoms with Crippen molar-refractivity contribution < 1.29 is 18.7 Å². The van der Waals surface area contributed by atoms with Crippen molar-refractivity contribution in [2.24, 2.45) is 0 Å². The zero-order valence-corrected chi connectivity index (χ0v) is 13.7. The molecule has 2 aromatic carbocycles. The molecule has 0 aliphatic rings. The molecule has 2 amide bonds. The Hall–Kier alpha value is -2.89. The van der Waals surface area contributed by atoms with Crippen LogP contribution in [-0.4, -0.2) is 36.9 Å². The van der Waals surface area contributed by atoms with Gasteiger partial charge in [0.05, 0.1) is 0 Å². The largest absolute Gasteiger partial charge is 0.481 e. The number of nitrogens with one attached hydrogen (secondary N) is 1. The van der Waals surface area contributed by atoms with Gasteiger partial charge in [0.1, 0.15) is 11.6 Å². The average molecular weight is 330 g/mol. The van der Waals surface area contributed by atoms with Gasteiger partial charge < -0.3 is 15.0 Å². The van der Waals surface area contributed by atoms with Crippen molar-refractivity contribution in [2.45, 2.75) is 13.0 Å². The van der Waals surface area contributed by atoms with Crippen molar-refractivity contribution in [3.8, 4) is 5.75 Å². The van der Waals surface area contributed by atoms with Crippen LogP contribution in [0.3, 0.4) is 0 Å². The van der Waals surface area contributed by atoms with E-state index in [1.54, 1.807) is 45.3 Å². The number of carbonyl (C=O) groups is 2. The molecule has 0 aromatic heterocycles. The van der Waals surface area contributed by atoms with Crippen LogP contribution < -0.4 is 10.1 Å². The van der Waals surface area contributed by atoms with Crippen molar-refractivity contribution in [1.29, 1.82) is 0 Å². The summed E-state index contributed by atoms with van der Waals surface area (Å²) in [5, 5.41) is 2.71. The van der Waals surface area contributed by atoms with E-state index in [1.165, 1.54) is 29.2 Å². The minimum absolute atomic E-state index is 0.110. The smallest absolute Gasteiger partial charge is 0.265 e. The van der Waals surface area contributed by atoms with E-state index in [0.717, 1.165) is 0 Å². The highest BCUT2D eigenvalue weighted by Gasteiger charge is 2.15. The van der Waals surface area contributed by atoms with E-state index in [4.69, 9.17) is 4.74 Å². The van der Waals surface area contributed by atoms with E-state index in [9.17, 15) is 14.0 Å². The number of rotatable bonds is 5. The highest BCUT2D eigenvalue weighted by atomic mass is 19.1. The molecule has 0 fully saturated rings. The SMILES string of the molecule is C[C@@H](Oc1ccc(F)cc1)C(=O)Nc1ccc(C(=O)N(C)C)cc1. The van der Waals surface area contributed by atoms with Gasteiger partial charge in [0.25, 0.3) is 11.8 Å². The van der Waals surface area contributed by atoms with Crippen LogP contribution in [-0.2, 0) is 4.79 Å². The number of amides is 2. The topological polar surface area (TPSA) is 58.6 Å². The van der Waals surface area contributed by atoms with Gasteiger partial charge >= 0.3 is 0 Å². The van der Waals surface area contributed by atoms with Crippen LogP contribution in [0.25, 0.3) is 0 Å². The highest BCUT2D eigenvalue weighted by Crippen LogP contribution is 2.15. The molecule has 5 nitrogen and oxygen atoms in total. The number of nitrogens with zero attached hydrogens (tertiary/aromatic N) is 1. The second kappa shape index (κ2) is 7.59. The molecule has 0 saturated heterocycles. The summed E-state index contributed by atoms with van der Waals surface area (Å²) in [6.45, 7) is 1.60. The van der Waals surface area contributed by atoms with Crippen molar-refractivity contribution in [3.05, 3.63) is 59.9 Å². The molecular formula is C18H19FN2O3. The summed E-state index contributed by atoms with van der Waals surface area (Å²) in [6.07, 6.45) is -0.751. The van der Waals surface area contributed by atoms with Crippen molar-refractivity contribution >= 4 is 17.5 Å². The van der Waals surface area contributed by atoms with Crippen LogP contribution in [0, 0.1) is 5.82 Å². The first kappa shape index (κ1) is 17.5. The summed E-state index contributed by atoms with van der Waals surface area (Å²) in [4.78, 5) is 25.4. The lowest BCUT2D eigenvalue weighted by molar-refractivity contribution is -0.122. The van der Waals surface area contributed by atoms with Crippen LogP contribution in [0.4, 0.5) is 10.1 Å². The zero-order valence-electron chi connectivity index (χ0n) is 13.7. The van der Waals surface area contributed by atoms with Gasteiger partial charge in [-0.1, -0.05) is 0 Å². The molecule has 0 bridgehead atoms. The molecule has 0 spiro atoms. The molecule has 6 heteroatoms. The fourth-order valence-corrected chi connectivity index (χ4v) is 1.97. The lowest BCUT2D eigenvalue weighted by atomic mass is 10.2. The molecule has 0 unspecified atom stereocenters. The molecule has 0 radical (unpaired) electrons. The number of hydrogen-bond donors (Lipinski definition) is 1. The number of anilines is 1. The first-order chi connectivity index (χ1) is 11.4. The standard InChI is InChI=1S/C18H19FN2O3/c1-12(24-16-10-6-14(19)7-11-16)17(22)20-15-8-4-13(5-9-15)18(23)21(2)3/h4-12H,1-3H3,(H,20,22)/t12-/m1/s1. The molecule has 0 saturated carbocycles. The van der Waals surface area contributed by atoms with E-state index in [0.29, 0.717) is 17.0 Å². The van der Waals surface area contributed by atoms with Crippen LogP contribution in [0.1, 0.15) is 17.3 Å². The van der Waals surface area contributed by atoms with Crippen molar-refractivity contribution in [2.75, 3.05) is 19.4 Å². The molecule has 2 aromatic rings. The minimum Gasteiger partial charge on any atom is -0.481 e. The Bertz CT molecular complexity index is 712. The molecule has 0 aliphatic carbocycles. The molecule has 1 atom stereocenters. The third-order valence-corrected chi connectivity index (χ3v) is 3.30. The van der Waals surface area contributed by atoms with E-state index >= 15 is 0 Å². The summed E-state index contributed by atoms with van der Waals surface area (Å²) < 4.78 is 18.3. The molecule has 24 heavy (non-hydrogen) atoms. The summed E-state index contributed by atoms with van der Waals surface area (Å²) in [5.41, 5.74) is 1.10. The number of halogens is 1. The normalized spacial score (nSPS) is 11.5. The third kappa shape index (κ3) is 4.55. The second-order valence-electron chi connectivity index (χ2n) is 5.48. The average Bonchev–Trinajstić information content (AvgIpc) is 2.56. The maximum atomic E-state index is 12.8.